The molecule has 0 spiro atoms. The molecule has 6 heteroatoms. The normalized spacial score (nSPS) is 16.2. The first-order chi connectivity index (χ1) is 13.3. The van der Waals surface area contributed by atoms with Crippen molar-refractivity contribution in [2.24, 2.45) is 4.99 Å². The predicted octanol–water partition coefficient (Wildman–Crippen LogP) is 4.46. The fourth-order valence-corrected chi connectivity index (χ4v) is 3.39. The molecule has 0 aromatic heterocycles. The Balaban J connectivity index is 0.00000392. The number of ether oxygens (including phenoxy) is 2. The van der Waals surface area contributed by atoms with Gasteiger partial charge in [-0.2, -0.15) is 0 Å². The third-order valence-electron chi connectivity index (χ3n) is 4.76. The zero-order chi connectivity index (χ0) is 19.2. The summed E-state index contributed by atoms with van der Waals surface area (Å²) in [6, 6.07) is 8.70. The van der Waals surface area contributed by atoms with E-state index in [0.717, 1.165) is 71.1 Å². The van der Waals surface area contributed by atoms with Crippen molar-refractivity contribution in [1.82, 2.24) is 10.6 Å². The van der Waals surface area contributed by atoms with Crippen LogP contribution in [0.1, 0.15) is 63.2 Å². The maximum absolute atomic E-state index is 6.16. The van der Waals surface area contributed by atoms with Crippen molar-refractivity contribution in [3.63, 3.8) is 0 Å². The number of hydrogen-bond donors (Lipinski definition) is 2. The summed E-state index contributed by atoms with van der Waals surface area (Å²) in [6.45, 7) is 9.10. The second-order valence-electron chi connectivity index (χ2n) is 6.90. The minimum atomic E-state index is 0. The first kappa shape index (κ1) is 25.2. The summed E-state index contributed by atoms with van der Waals surface area (Å²) in [6.07, 6.45) is 6.91. The van der Waals surface area contributed by atoms with E-state index in [1.54, 1.807) is 0 Å². The molecule has 0 saturated carbocycles. The summed E-state index contributed by atoms with van der Waals surface area (Å²) in [7, 11) is 0. The lowest BCUT2D eigenvalue weighted by molar-refractivity contribution is 0.0403. The maximum Gasteiger partial charge on any atom is 0.191 e. The zero-order valence-corrected chi connectivity index (χ0v) is 19.9. The number of aliphatic imine (C=N–C) groups is 1. The van der Waals surface area contributed by atoms with Crippen LogP contribution in [0.15, 0.2) is 29.3 Å². The SMILES string of the molecule is CCNC(=NCCCOC1CCCc2ccccc21)NCCCCOCC.I. The highest BCUT2D eigenvalue weighted by Gasteiger charge is 2.19. The van der Waals surface area contributed by atoms with Gasteiger partial charge in [0.05, 0.1) is 6.10 Å². The van der Waals surface area contributed by atoms with E-state index in [1.165, 1.54) is 24.0 Å². The first-order valence-corrected chi connectivity index (χ1v) is 10.6. The van der Waals surface area contributed by atoms with Crippen molar-refractivity contribution in [3.05, 3.63) is 35.4 Å². The van der Waals surface area contributed by atoms with Gasteiger partial charge in [0, 0.05) is 39.5 Å². The Morgan fingerprint density at radius 3 is 2.79 bits per heavy atom. The summed E-state index contributed by atoms with van der Waals surface area (Å²) in [5, 5.41) is 6.70. The molecule has 0 fully saturated rings. The number of rotatable bonds is 12. The van der Waals surface area contributed by atoms with E-state index in [4.69, 9.17) is 9.47 Å². The van der Waals surface area contributed by atoms with E-state index in [-0.39, 0.29) is 30.1 Å². The van der Waals surface area contributed by atoms with Gasteiger partial charge < -0.3 is 20.1 Å². The van der Waals surface area contributed by atoms with Crippen LogP contribution in [0.5, 0.6) is 0 Å². The number of nitrogens with one attached hydrogen (secondary N) is 2. The fourth-order valence-electron chi connectivity index (χ4n) is 3.39. The summed E-state index contributed by atoms with van der Waals surface area (Å²) in [4.78, 5) is 4.66. The molecular weight excluding hydrogens is 465 g/mol. The summed E-state index contributed by atoms with van der Waals surface area (Å²) in [5.74, 6) is 0.900. The third-order valence-corrected chi connectivity index (χ3v) is 4.76. The summed E-state index contributed by atoms with van der Waals surface area (Å²) < 4.78 is 11.5. The van der Waals surface area contributed by atoms with E-state index in [2.05, 4.69) is 46.8 Å². The van der Waals surface area contributed by atoms with E-state index >= 15 is 0 Å². The minimum Gasteiger partial charge on any atom is -0.382 e. The zero-order valence-electron chi connectivity index (χ0n) is 17.5. The number of unbranched alkanes of at least 4 members (excludes halogenated alkanes) is 1. The molecule has 0 aliphatic heterocycles. The van der Waals surface area contributed by atoms with Crippen molar-refractivity contribution in [1.29, 1.82) is 0 Å². The van der Waals surface area contributed by atoms with Gasteiger partial charge in [-0.05, 0) is 63.5 Å². The standard InChI is InChI=1S/C22H37N3O2.HI/c1-3-23-22(24-15-7-8-17-26-4-2)25-16-10-18-27-21-14-9-12-19-11-5-6-13-20(19)21;/h5-6,11,13,21H,3-4,7-10,12,14-18H2,1-2H3,(H2,23,24,25);1H. The molecule has 1 atom stereocenters. The number of benzene rings is 1. The average molecular weight is 503 g/mol. The van der Waals surface area contributed by atoms with E-state index in [1.807, 2.05) is 6.92 Å². The van der Waals surface area contributed by atoms with Crippen LogP contribution in [0.4, 0.5) is 0 Å². The van der Waals surface area contributed by atoms with Gasteiger partial charge >= 0.3 is 0 Å². The van der Waals surface area contributed by atoms with Gasteiger partial charge in [0.2, 0.25) is 0 Å². The number of aryl methyl sites for hydroxylation is 1. The summed E-state index contributed by atoms with van der Waals surface area (Å²) in [5.41, 5.74) is 2.84. The van der Waals surface area contributed by atoms with Crippen LogP contribution < -0.4 is 10.6 Å². The topological polar surface area (TPSA) is 54.9 Å². The smallest absolute Gasteiger partial charge is 0.191 e. The number of guanidine groups is 1. The first-order valence-electron chi connectivity index (χ1n) is 10.6. The van der Waals surface area contributed by atoms with Crippen LogP contribution in [-0.4, -0.2) is 45.4 Å². The molecule has 160 valence electrons. The van der Waals surface area contributed by atoms with Gasteiger partial charge in [-0.25, -0.2) is 0 Å². The number of hydrogen-bond acceptors (Lipinski definition) is 3. The molecule has 0 heterocycles. The van der Waals surface area contributed by atoms with Crippen molar-refractivity contribution >= 4 is 29.9 Å². The average Bonchev–Trinajstić information content (AvgIpc) is 2.70. The molecule has 0 saturated heterocycles. The Morgan fingerprint density at radius 1 is 1.11 bits per heavy atom. The van der Waals surface area contributed by atoms with E-state index in [0.29, 0.717) is 0 Å². The molecule has 0 bridgehead atoms. The molecule has 1 aromatic rings. The molecule has 1 unspecified atom stereocenters. The largest absolute Gasteiger partial charge is 0.382 e. The molecule has 1 aliphatic rings. The monoisotopic (exact) mass is 503 g/mol. The molecule has 0 radical (unpaired) electrons. The predicted molar refractivity (Wildman–Crippen MR) is 128 cm³/mol. The molecule has 1 aromatic carbocycles. The highest BCUT2D eigenvalue weighted by Crippen LogP contribution is 2.32. The van der Waals surface area contributed by atoms with Gasteiger partial charge in [-0.1, -0.05) is 24.3 Å². The van der Waals surface area contributed by atoms with Gasteiger partial charge in [0.15, 0.2) is 5.96 Å². The second kappa shape index (κ2) is 16.0. The van der Waals surface area contributed by atoms with Crippen LogP contribution in [0.2, 0.25) is 0 Å². The Labute approximate surface area is 188 Å². The molecule has 2 N–H and O–H groups in total. The second-order valence-corrected chi connectivity index (χ2v) is 6.90. The third kappa shape index (κ3) is 9.56. The van der Waals surface area contributed by atoms with Gasteiger partial charge in [0.1, 0.15) is 0 Å². The number of halogens is 1. The minimum absolute atomic E-state index is 0. The number of nitrogens with zero attached hydrogens (tertiary/aromatic N) is 1. The van der Waals surface area contributed by atoms with Crippen LogP contribution >= 0.6 is 24.0 Å². The van der Waals surface area contributed by atoms with Crippen LogP contribution in [0.3, 0.4) is 0 Å². The van der Waals surface area contributed by atoms with E-state index < -0.39 is 0 Å². The highest BCUT2D eigenvalue weighted by atomic mass is 127. The molecular formula is C22H38IN3O2. The maximum atomic E-state index is 6.16. The molecule has 28 heavy (non-hydrogen) atoms. The van der Waals surface area contributed by atoms with Gasteiger partial charge in [-0.3, -0.25) is 4.99 Å². The Hall–Kier alpha value is -0.860. The van der Waals surface area contributed by atoms with Crippen LogP contribution in [0.25, 0.3) is 0 Å². The number of fused-ring (bicyclic) bond motifs is 1. The molecule has 1 aliphatic carbocycles. The van der Waals surface area contributed by atoms with Crippen molar-refractivity contribution < 1.29 is 9.47 Å². The van der Waals surface area contributed by atoms with E-state index in [9.17, 15) is 0 Å². The quantitative estimate of drug-likeness (QED) is 0.192. The lowest BCUT2D eigenvalue weighted by atomic mass is 9.89. The van der Waals surface area contributed by atoms with Crippen LogP contribution in [0, 0.1) is 0 Å². The fraction of sp³-hybridized carbons (Fsp3) is 0.682. The van der Waals surface area contributed by atoms with Crippen LogP contribution in [-0.2, 0) is 15.9 Å². The lowest BCUT2D eigenvalue weighted by Gasteiger charge is -2.25. The van der Waals surface area contributed by atoms with Crippen molar-refractivity contribution in [2.75, 3.05) is 39.5 Å². The van der Waals surface area contributed by atoms with Gasteiger partial charge in [-0.15, -0.1) is 24.0 Å². The highest BCUT2D eigenvalue weighted by molar-refractivity contribution is 14.0. The van der Waals surface area contributed by atoms with Crippen molar-refractivity contribution in [3.8, 4) is 0 Å². The molecule has 2 rings (SSSR count). The molecule has 5 nitrogen and oxygen atoms in total. The Morgan fingerprint density at radius 2 is 1.96 bits per heavy atom. The lowest BCUT2D eigenvalue weighted by Crippen LogP contribution is -2.38. The molecule has 0 amide bonds. The Kier molecular flexibility index (Phi) is 14.4. The van der Waals surface area contributed by atoms with Crippen molar-refractivity contribution in [2.45, 2.75) is 58.5 Å². The van der Waals surface area contributed by atoms with Gasteiger partial charge in [0.25, 0.3) is 0 Å². The summed E-state index contributed by atoms with van der Waals surface area (Å²) >= 11 is 0. The Bertz CT molecular complexity index is 554.